The molecular weight excluding hydrogens is 348 g/mol. The molecule has 1 saturated carbocycles. The van der Waals surface area contributed by atoms with Gasteiger partial charge in [-0.2, -0.15) is 0 Å². The number of hydrogen-bond donors (Lipinski definition) is 2. The van der Waals surface area contributed by atoms with Crippen LogP contribution in [0.5, 0.6) is 0 Å². The lowest BCUT2D eigenvalue weighted by atomic mass is 9.99. The molecule has 0 aromatic rings. The third-order valence-corrected chi connectivity index (χ3v) is 5.61. The smallest absolute Gasteiger partial charge is 0.328 e. The van der Waals surface area contributed by atoms with E-state index in [1.807, 2.05) is 20.8 Å². The highest BCUT2D eigenvalue weighted by atomic mass is 16.5. The first-order valence-corrected chi connectivity index (χ1v) is 9.99. The van der Waals surface area contributed by atoms with Gasteiger partial charge in [0.25, 0.3) is 0 Å². The summed E-state index contributed by atoms with van der Waals surface area (Å²) in [7, 11) is 1.34. The Morgan fingerprint density at radius 3 is 2.26 bits per heavy atom. The van der Waals surface area contributed by atoms with E-state index in [2.05, 4.69) is 20.4 Å². The standard InChI is InChI=1S/C19H34N4O4/c1-5-13(2)17(19(26)27-4)21-16(24)12-22-8-10-23(11-9-22)14(3)18(25)20-15-6-7-15/h13-15,17H,5-12H2,1-4H3,(H,20,25)(H,21,24)/t13-,14+,17+/m0/s1. The zero-order chi connectivity index (χ0) is 20.0. The van der Waals surface area contributed by atoms with Crippen LogP contribution in [0.3, 0.4) is 0 Å². The molecule has 0 aromatic heterocycles. The van der Waals surface area contributed by atoms with Crippen LogP contribution in [0.2, 0.25) is 0 Å². The Hall–Kier alpha value is -1.67. The number of amides is 2. The topological polar surface area (TPSA) is 91.0 Å². The van der Waals surface area contributed by atoms with Crippen LogP contribution in [0, 0.1) is 5.92 Å². The van der Waals surface area contributed by atoms with E-state index in [1.165, 1.54) is 7.11 Å². The van der Waals surface area contributed by atoms with Crippen molar-refractivity contribution in [1.29, 1.82) is 0 Å². The molecule has 1 aliphatic heterocycles. The highest BCUT2D eigenvalue weighted by Gasteiger charge is 2.31. The van der Waals surface area contributed by atoms with Crippen LogP contribution in [0.1, 0.15) is 40.0 Å². The number of carbonyl (C=O) groups is 3. The molecule has 154 valence electrons. The average molecular weight is 383 g/mol. The van der Waals surface area contributed by atoms with Crippen LogP contribution in [-0.2, 0) is 19.1 Å². The maximum atomic E-state index is 12.4. The van der Waals surface area contributed by atoms with Crippen molar-refractivity contribution >= 4 is 17.8 Å². The number of carbonyl (C=O) groups excluding carboxylic acids is 3. The van der Waals surface area contributed by atoms with Gasteiger partial charge in [0.05, 0.1) is 19.7 Å². The van der Waals surface area contributed by atoms with Crippen molar-refractivity contribution in [1.82, 2.24) is 20.4 Å². The normalized spacial score (nSPS) is 21.8. The largest absolute Gasteiger partial charge is 0.467 e. The molecule has 2 fully saturated rings. The van der Waals surface area contributed by atoms with Gasteiger partial charge in [0.15, 0.2) is 0 Å². The van der Waals surface area contributed by atoms with Crippen molar-refractivity contribution in [2.24, 2.45) is 5.92 Å². The van der Waals surface area contributed by atoms with Gasteiger partial charge in [-0.1, -0.05) is 20.3 Å². The molecule has 0 bridgehead atoms. The molecule has 2 aliphatic rings. The zero-order valence-corrected chi connectivity index (χ0v) is 17.0. The van der Waals surface area contributed by atoms with Crippen LogP contribution in [-0.4, -0.2) is 85.5 Å². The van der Waals surface area contributed by atoms with Crippen LogP contribution < -0.4 is 10.6 Å². The van der Waals surface area contributed by atoms with Gasteiger partial charge in [0.2, 0.25) is 11.8 Å². The number of hydrogen-bond acceptors (Lipinski definition) is 6. The zero-order valence-electron chi connectivity index (χ0n) is 17.0. The number of nitrogens with one attached hydrogen (secondary N) is 2. The summed E-state index contributed by atoms with van der Waals surface area (Å²) < 4.78 is 4.81. The fourth-order valence-corrected chi connectivity index (χ4v) is 3.24. The molecule has 27 heavy (non-hydrogen) atoms. The monoisotopic (exact) mass is 382 g/mol. The Labute approximate surface area is 162 Å². The van der Waals surface area contributed by atoms with Gasteiger partial charge >= 0.3 is 5.97 Å². The van der Waals surface area contributed by atoms with E-state index in [9.17, 15) is 14.4 Å². The minimum Gasteiger partial charge on any atom is -0.467 e. The molecule has 1 heterocycles. The summed E-state index contributed by atoms with van der Waals surface area (Å²) in [5, 5.41) is 5.86. The first-order valence-electron chi connectivity index (χ1n) is 9.99. The van der Waals surface area contributed by atoms with Crippen molar-refractivity contribution < 1.29 is 19.1 Å². The van der Waals surface area contributed by atoms with E-state index in [-0.39, 0.29) is 30.3 Å². The summed E-state index contributed by atoms with van der Waals surface area (Å²) >= 11 is 0. The third-order valence-electron chi connectivity index (χ3n) is 5.61. The Morgan fingerprint density at radius 1 is 1.11 bits per heavy atom. The molecule has 1 aliphatic carbocycles. The summed E-state index contributed by atoms with van der Waals surface area (Å²) in [5.74, 6) is -0.459. The molecule has 8 nitrogen and oxygen atoms in total. The van der Waals surface area contributed by atoms with Crippen LogP contribution in [0.15, 0.2) is 0 Å². The highest BCUT2D eigenvalue weighted by Crippen LogP contribution is 2.19. The maximum absolute atomic E-state index is 12.4. The second-order valence-corrected chi connectivity index (χ2v) is 7.72. The predicted molar refractivity (Wildman–Crippen MR) is 102 cm³/mol. The lowest BCUT2D eigenvalue weighted by Crippen LogP contribution is -2.56. The van der Waals surface area contributed by atoms with Crippen molar-refractivity contribution in [2.75, 3.05) is 39.8 Å². The molecule has 8 heteroatoms. The van der Waals surface area contributed by atoms with Crippen LogP contribution in [0.4, 0.5) is 0 Å². The van der Waals surface area contributed by atoms with Gasteiger partial charge in [0, 0.05) is 32.2 Å². The Morgan fingerprint density at radius 2 is 1.74 bits per heavy atom. The minimum absolute atomic E-state index is 0.0177. The van der Waals surface area contributed by atoms with Crippen molar-refractivity contribution in [3.63, 3.8) is 0 Å². The molecule has 3 atom stereocenters. The minimum atomic E-state index is -0.611. The Bertz CT molecular complexity index is 530. The van der Waals surface area contributed by atoms with E-state index in [1.54, 1.807) is 0 Å². The van der Waals surface area contributed by atoms with Gasteiger partial charge < -0.3 is 15.4 Å². The van der Waals surface area contributed by atoms with E-state index in [0.717, 1.165) is 45.4 Å². The molecule has 0 spiro atoms. The fourth-order valence-electron chi connectivity index (χ4n) is 3.24. The first kappa shape index (κ1) is 21.6. The third kappa shape index (κ3) is 6.46. The number of piperazine rings is 1. The van der Waals surface area contributed by atoms with Gasteiger partial charge in [0.1, 0.15) is 6.04 Å². The van der Waals surface area contributed by atoms with Crippen LogP contribution >= 0.6 is 0 Å². The lowest BCUT2D eigenvalue weighted by molar-refractivity contribution is -0.146. The Balaban J connectivity index is 1.75. The van der Waals surface area contributed by atoms with Crippen molar-refractivity contribution in [3.05, 3.63) is 0 Å². The molecule has 1 saturated heterocycles. The van der Waals surface area contributed by atoms with E-state index >= 15 is 0 Å². The number of nitrogens with zero attached hydrogens (tertiary/aromatic N) is 2. The number of methoxy groups -OCH3 is 1. The predicted octanol–water partition coefficient (Wildman–Crippen LogP) is -0.0250. The van der Waals surface area contributed by atoms with E-state index < -0.39 is 12.0 Å². The van der Waals surface area contributed by atoms with Crippen molar-refractivity contribution in [2.45, 2.75) is 58.2 Å². The number of ether oxygens (including phenoxy) is 1. The SMILES string of the molecule is CC[C@H](C)[C@@H](NC(=O)CN1CCN([C@H](C)C(=O)NC2CC2)CC1)C(=O)OC. The number of esters is 1. The molecule has 2 N–H and O–H groups in total. The molecular formula is C19H34N4O4. The Kier molecular flexibility index (Phi) is 8.04. The maximum Gasteiger partial charge on any atom is 0.328 e. The average Bonchev–Trinajstić information content (AvgIpc) is 3.48. The fraction of sp³-hybridized carbons (Fsp3) is 0.842. The second-order valence-electron chi connectivity index (χ2n) is 7.72. The number of rotatable bonds is 9. The molecule has 0 radical (unpaired) electrons. The first-order chi connectivity index (χ1) is 12.8. The van der Waals surface area contributed by atoms with Gasteiger partial charge in [-0.25, -0.2) is 4.79 Å². The van der Waals surface area contributed by atoms with Gasteiger partial charge in [-0.3, -0.25) is 19.4 Å². The lowest BCUT2D eigenvalue weighted by Gasteiger charge is -2.37. The molecule has 0 aromatic carbocycles. The van der Waals surface area contributed by atoms with Gasteiger partial charge in [-0.15, -0.1) is 0 Å². The van der Waals surface area contributed by atoms with E-state index in [4.69, 9.17) is 4.74 Å². The highest BCUT2D eigenvalue weighted by molar-refractivity contribution is 5.85. The van der Waals surface area contributed by atoms with Crippen LogP contribution in [0.25, 0.3) is 0 Å². The summed E-state index contributed by atoms with van der Waals surface area (Å²) in [6.07, 6.45) is 2.95. The molecule has 0 unspecified atom stereocenters. The molecule has 2 amide bonds. The quantitative estimate of drug-likeness (QED) is 0.545. The van der Waals surface area contributed by atoms with Crippen molar-refractivity contribution in [3.8, 4) is 0 Å². The summed E-state index contributed by atoms with van der Waals surface area (Å²) in [6.45, 7) is 9.03. The van der Waals surface area contributed by atoms with Gasteiger partial charge in [-0.05, 0) is 25.7 Å². The molecule has 2 rings (SSSR count). The summed E-state index contributed by atoms with van der Waals surface area (Å²) in [4.78, 5) is 40.7. The summed E-state index contributed by atoms with van der Waals surface area (Å²) in [5.41, 5.74) is 0. The second kappa shape index (κ2) is 10.0. The van der Waals surface area contributed by atoms with E-state index in [0.29, 0.717) is 6.04 Å². The summed E-state index contributed by atoms with van der Waals surface area (Å²) in [6, 6.07) is -0.381.